The zero-order valence-electron chi connectivity index (χ0n) is 26.8. The van der Waals surface area contributed by atoms with Crippen molar-refractivity contribution in [1.29, 1.82) is 0 Å². The molecule has 1 aliphatic heterocycles. The third kappa shape index (κ3) is 9.37. The van der Waals surface area contributed by atoms with Crippen LogP contribution in [0.5, 0.6) is 0 Å². The number of carboxylic acids is 1. The third-order valence-corrected chi connectivity index (χ3v) is 9.46. The lowest BCUT2D eigenvalue weighted by Crippen LogP contribution is -2.34. The minimum absolute atomic E-state index is 0.0248. The van der Waals surface area contributed by atoms with E-state index in [2.05, 4.69) is 22.8 Å². The first-order chi connectivity index (χ1) is 23.9. The molecular weight excluding hydrogens is 637 g/mol. The first kappa shape index (κ1) is 34.0. The number of amides is 2. The Hall–Kier alpha value is -4.93. The van der Waals surface area contributed by atoms with Gasteiger partial charge in [-0.25, -0.2) is 9.59 Å². The lowest BCUT2D eigenvalue weighted by Gasteiger charge is -2.36. The van der Waals surface area contributed by atoms with E-state index in [1.165, 1.54) is 0 Å². The number of aliphatic hydroxyl groups excluding tert-OH is 1. The zero-order valence-corrected chi connectivity index (χ0v) is 27.6. The molecule has 0 spiro atoms. The van der Waals surface area contributed by atoms with Crippen molar-refractivity contribution in [2.24, 2.45) is 0 Å². The van der Waals surface area contributed by atoms with Crippen LogP contribution in [0.3, 0.4) is 0 Å². The van der Waals surface area contributed by atoms with Crippen molar-refractivity contribution in [2.75, 3.05) is 5.75 Å². The molecule has 2 amide bonds. The number of carboxylic acid groups (broad SMARTS) is 1. The van der Waals surface area contributed by atoms with Crippen molar-refractivity contribution in [3.05, 3.63) is 161 Å². The highest BCUT2D eigenvalue weighted by Crippen LogP contribution is 2.40. The molecule has 5 aromatic carbocycles. The summed E-state index contributed by atoms with van der Waals surface area (Å²) >= 11 is 1.62. The Morgan fingerprint density at radius 3 is 2.08 bits per heavy atom. The van der Waals surface area contributed by atoms with Crippen molar-refractivity contribution in [2.45, 2.75) is 49.5 Å². The van der Waals surface area contributed by atoms with Crippen LogP contribution in [0.1, 0.15) is 57.0 Å². The highest BCUT2D eigenvalue weighted by atomic mass is 32.2. The molecule has 0 bridgehead atoms. The van der Waals surface area contributed by atoms with E-state index in [0.717, 1.165) is 43.8 Å². The summed E-state index contributed by atoms with van der Waals surface area (Å²) in [7, 11) is 0. The third-order valence-electron chi connectivity index (χ3n) is 8.32. The number of hydrogen-bond donors (Lipinski definition) is 4. The Bertz CT molecular complexity index is 1850. The smallest absolute Gasteiger partial charge is 0.335 e. The fourth-order valence-corrected chi connectivity index (χ4v) is 6.58. The van der Waals surface area contributed by atoms with E-state index in [0.29, 0.717) is 25.3 Å². The number of ether oxygens (including phenoxy) is 2. The van der Waals surface area contributed by atoms with Crippen molar-refractivity contribution in [3.8, 4) is 11.1 Å². The second-order valence-corrected chi connectivity index (χ2v) is 12.9. The zero-order chi connectivity index (χ0) is 34.0. The van der Waals surface area contributed by atoms with Gasteiger partial charge in [0.25, 0.3) is 0 Å². The molecule has 0 radical (unpaired) electrons. The van der Waals surface area contributed by atoms with Gasteiger partial charge in [0.15, 0.2) is 6.29 Å². The van der Waals surface area contributed by atoms with E-state index in [1.807, 2.05) is 103 Å². The van der Waals surface area contributed by atoms with Crippen LogP contribution in [0.15, 0.2) is 132 Å². The van der Waals surface area contributed by atoms with Gasteiger partial charge >= 0.3 is 12.0 Å². The first-order valence-corrected chi connectivity index (χ1v) is 17.1. The van der Waals surface area contributed by atoms with Gasteiger partial charge in [-0.05, 0) is 69.8 Å². The van der Waals surface area contributed by atoms with E-state index >= 15 is 0 Å². The molecule has 0 aliphatic carbocycles. The van der Waals surface area contributed by atoms with E-state index in [4.69, 9.17) is 9.47 Å². The standard InChI is InChI=1S/C40H38N2O6S/c43-25-28-12-14-30(15-13-28)37-22-35(26-49-36-18-16-31(17-19-36)38(44)45)47-39(48-37)34-11-5-10-33(21-34)32-9-4-8-29(20-32)24-42-40(46)41-23-27-6-2-1-3-7-27/h1-21,35,37,39,43H,22-26H2,(H,44,45)(H2,41,42,46)/t35-,37+,39+/m1/s1. The number of urea groups is 1. The predicted molar refractivity (Wildman–Crippen MR) is 190 cm³/mol. The Morgan fingerprint density at radius 2 is 1.37 bits per heavy atom. The Morgan fingerprint density at radius 1 is 0.694 bits per heavy atom. The minimum atomic E-state index is -0.949. The molecule has 1 aliphatic rings. The maximum absolute atomic E-state index is 12.4. The molecule has 49 heavy (non-hydrogen) atoms. The fourth-order valence-electron chi connectivity index (χ4n) is 5.65. The van der Waals surface area contributed by atoms with Crippen LogP contribution in [-0.2, 0) is 29.2 Å². The maximum Gasteiger partial charge on any atom is 0.335 e. The molecule has 1 fully saturated rings. The van der Waals surface area contributed by atoms with Gasteiger partial charge in [0.1, 0.15) is 0 Å². The van der Waals surface area contributed by atoms with Gasteiger partial charge in [0.2, 0.25) is 0 Å². The van der Waals surface area contributed by atoms with E-state index in [-0.39, 0.29) is 30.4 Å². The van der Waals surface area contributed by atoms with Crippen LogP contribution in [-0.4, -0.2) is 34.1 Å². The molecule has 0 unspecified atom stereocenters. The SMILES string of the molecule is O=C(NCc1ccccc1)NCc1cccc(-c2cccc([C@H]3O[C@@H](CSc4ccc(C(=O)O)cc4)C[C@@H](c4ccc(CO)cc4)O3)c2)c1. The molecule has 0 aromatic heterocycles. The fraction of sp³-hybridized carbons (Fsp3) is 0.200. The molecule has 9 heteroatoms. The minimum Gasteiger partial charge on any atom is -0.478 e. The van der Waals surface area contributed by atoms with Gasteiger partial charge < -0.3 is 30.3 Å². The molecule has 8 nitrogen and oxygen atoms in total. The van der Waals surface area contributed by atoms with Crippen LogP contribution >= 0.6 is 11.8 Å². The molecule has 1 saturated heterocycles. The Kier molecular flexibility index (Phi) is 11.4. The van der Waals surface area contributed by atoms with E-state index in [9.17, 15) is 19.8 Å². The molecule has 5 aromatic rings. The van der Waals surface area contributed by atoms with Gasteiger partial charge in [-0.2, -0.15) is 0 Å². The number of hydrogen-bond acceptors (Lipinski definition) is 6. The second kappa shape index (κ2) is 16.5. The van der Waals surface area contributed by atoms with E-state index in [1.54, 1.807) is 23.9 Å². The van der Waals surface area contributed by atoms with E-state index < -0.39 is 12.3 Å². The molecule has 250 valence electrons. The first-order valence-electron chi connectivity index (χ1n) is 16.1. The maximum atomic E-state index is 12.4. The summed E-state index contributed by atoms with van der Waals surface area (Å²) in [5, 5.41) is 24.6. The molecular formula is C40H38N2O6S. The normalized spacial score (nSPS) is 17.3. The molecule has 0 saturated carbocycles. The summed E-state index contributed by atoms with van der Waals surface area (Å²) in [5.41, 5.74) is 7.01. The van der Waals surface area contributed by atoms with Crippen LogP contribution in [0.4, 0.5) is 4.79 Å². The molecule has 3 atom stereocenters. The van der Waals surface area contributed by atoms with Crippen LogP contribution in [0.25, 0.3) is 11.1 Å². The largest absolute Gasteiger partial charge is 0.478 e. The number of carbonyl (C=O) groups is 2. The van der Waals surface area contributed by atoms with Crippen molar-refractivity contribution in [3.63, 3.8) is 0 Å². The van der Waals surface area contributed by atoms with Gasteiger partial charge in [-0.3, -0.25) is 0 Å². The summed E-state index contributed by atoms with van der Waals surface area (Å²) in [5.74, 6) is -0.291. The lowest BCUT2D eigenvalue weighted by molar-refractivity contribution is -0.245. The molecule has 4 N–H and O–H groups in total. The summed E-state index contributed by atoms with van der Waals surface area (Å²) < 4.78 is 13.1. The number of benzene rings is 5. The van der Waals surface area contributed by atoms with Gasteiger partial charge in [0.05, 0.1) is 24.4 Å². The number of thioether (sulfide) groups is 1. The van der Waals surface area contributed by atoms with Crippen LogP contribution in [0.2, 0.25) is 0 Å². The van der Waals surface area contributed by atoms with Gasteiger partial charge in [0, 0.05) is 35.7 Å². The second-order valence-electron chi connectivity index (χ2n) is 11.8. The summed E-state index contributed by atoms with van der Waals surface area (Å²) in [6, 6.07) is 40.4. The number of rotatable bonds is 12. The quantitative estimate of drug-likeness (QED) is 0.0995. The monoisotopic (exact) mass is 674 g/mol. The number of nitrogens with one attached hydrogen (secondary N) is 2. The highest BCUT2D eigenvalue weighted by Gasteiger charge is 2.32. The molecule has 6 rings (SSSR count). The lowest BCUT2D eigenvalue weighted by atomic mass is 9.99. The summed E-state index contributed by atoms with van der Waals surface area (Å²) in [6.45, 7) is 0.820. The van der Waals surface area contributed by atoms with Crippen molar-refractivity contribution >= 4 is 23.8 Å². The Balaban J connectivity index is 1.15. The topological polar surface area (TPSA) is 117 Å². The summed E-state index contributed by atoms with van der Waals surface area (Å²) in [6.07, 6.45) is -0.341. The average molecular weight is 675 g/mol. The van der Waals surface area contributed by atoms with Crippen LogP contribution < -0.4 is 10.6 Å². The predicted octanol–water partition coefficient (Wildman–Crippen LogP) is 7.88. The Labute approximate surface area is 290 Å². The average Bonchev–Trinajstić information content (AvgIpc) is 3.16. The van der Waals surface area contributed by atoms with Gasteiger partial charge in [-0.15, -0.1) is 11.8 Å². The highest BCUT2D eigenvalue weighted by molar-refractivity contribution is 7.99. The number of aromatic carboxylic acids is 1. The number of aliphatic hydroxyl groups is 1. The molecule has 1 heterocycles. The van der Waals surface area contributed by atoms with Crippen molar-refractivity contribution < 1.29 is 29.3 Å². The van der Waals surface area contributed by atoms with Crippen LogP contribution in [0, 0.1) is 0 Å². The number of carbonyl (C=O) groups excluding carboxylic acids is 1. The van der Waals surface area contributed by atoms with Gasteiger partial charge in [-0.1, -0.05) is 91.0 Å². The van der Waals surface area contributed by atoms with Crippen molar-refractivity contribution in [1.82, 2.24) is 10.6 Å². The summed E-state index contributed by atoms with van der Waals surface area (Å²) in [4.78, 5) is 24.7.